The third-order valence-electron chi connectivity index (χ3n) is 4.87. The van der Waals surface area contributed by atoms with E-state index in [-0.39, 0.29) is 23.1 Å². The van der Waals surface area contributed by atoms with Crippen LogP contribution in [0.15, 0.2) is 24.3 Å². The number of benzene rings is 1. The zero-order chi connectivity index (χ0) is 17.6. The molecular weight excluding hydrogens is 314 g/mol. The summed E-state index contributed by atoms with van der Waals surface area (Å²) >= 11 is 0. The molecule has 0 aliphatic heterocycles. The molecule has 1 atom stereocenters. The molecule has 1 saturated carbocycles. The number of hydrogen-bond donors (Lipinski definition) is 2. The monoisotopic (exact) mass is 340 g/mol. The maximum atomic E-state index is 12.4. The predicted molar refractivity (Wildman–Crippen MR) is 88.8 cm³/mol. The molecule has 1 aromatic rings. The summed E-state index contributed by atoms with van der Waals surface area (Å²) in [6.45, 7) is -0.429. The maximum absolute atomic E-state index is 12.4. The van der Waals surface area contributed by atoms with E-state index in [1.165, 1.54) is 18.6 Å². The van der Waals surface area contributed by atoms with E-state index in [2.05, 4.69) is 10.1 Å². The SMILES string of the molecule is CC(NC(=O)CC1(CN)CCCCC1)c1ccc(OC(F)F)cc1. The summed E-state index contributed by atoms with van der Waals surface area (Å²) in [5.41, 5.74) is 6.70. The van der Waals surface area contributed by atoms with Gasteiger partial charge in [0.15, 0.2) is 0 Å². The minimum atomic E-state index is -2.84. The van der Waals surface area contributed by atoms with E-state index in [9.17, 15) is 13.6 Å². The number of ether oxygens (including phenoxy) is 1. The molecular formula is C18H26F2N2O2. The molecule has 1 amide bonds. The van der Waals surface area contributed by atoms with Crippen molar-refractivity contribution in [3.63, 3.8) is 0 Å². The van der Waals surface area contributed by atoms with Crippen LogP contribution >= 0.6 is 0 Å². The fraction of sp³-hybridized carbons (Fsp3) is 0.611. The first kappa shape index (κ1) is 18.6. The highest BCUT2D eigenvalue weighted by Crippen LogP contribution is 2.38. The molecule has 1 aliphatic carbocycles. The number of amides is 1. The summed E-state index contributed by atoms with van der Waals surface area (Å²) < 4.78 is 28.6. The second-order valence-corrected chi connectivity index (χ2v) is 6.68. The second-order valence-electron chi connectivity index (χ2n) is 6.68. The molecule has 0 spiro atoms. The molecule has 0 heterocycles. The average molecular weight is 340 g/mol. The van der Waals surface area contributed by atoms with Gasteiger partial charge in [-0.1, -0.05) is 31.4 Å². The molecule has 4 nitrogen and oxygen atoms in total. The van der Waals surface area contributed by atoms with Crippen molar-refractivity contribution in [1.82, 2.24) is 5.32 Å². The van der Waals surface area contributed by atoms with Gasteiger partial charge in [0.05, 0.1) is 6.04 Å². The molecule has 1 unspecified atom stereocenters. The molecule has 24 heavy (non-hydrogen) atoms. The summed E-state index contributed by atoms with van der Waals surface area (Å²) in [7, 11) is 0. The fourth-order valence-corrected chi connectivity index (χ4v) is 3.41. The normalized spacial score (nSPS) is 18.2. The minimum Gasteiger partial charge on any atom is -0.435 e. The van der Waals surface area contributed by atoms with Crippen LogP contribution in [0.25, 0.3) is 0 Å². The Bertz CT molecular complexity index is 528. The Morgan fingerprint density at radius 2 is 1.88 bits per heavy atom. The number of halogens is 2. The smallest absolute Gasteiger partial charge is 0.387 e. The van der Waals surface area contributed by atoms with Gasteiger partial charge in [-0.25, -0.2) is 0 Å². The van der Waals surface area contributed by atoms with E-state index in [1.807, 2.05) is 6.92 Å². The number of nitrogens with two attached hydrogens (primary N) is 1. The highest BCUT2D eigenvalue weighted by atomic mass is 19.3. The van der Waals surface area contributed by atoms with Crippen LogP contribution in [0.2, 0.25) is 0 Å². The highest BCUT2D eigenvalue weighted by Gasteiger charge is 2.33. The lowest BCUT2D eigenvalue weighted by atomic mass is 9.71. The van der Waals surface area contributed by atoms with Gasteiger partial charge in [0.1, 0.15) is 5.75 Å². The first-order valence-corrected chi connectivity index (χ1v) is 8.48. The van der Waals surface area contributed by atoms with Crippen molar-refractivity contribution in [3.05, 3.63) is 29.8 Å². The number of hydrogen-bond acceptors (Lipinski definition) is 3. The van der Waals surface area contributed by atoms with Crippen LogP contribution in [-0.2, 0) is 4.79 Å². The molecule has 134 valence electrons. The average Bonchev–Trinajstić information content (AvgIpc) is 2.55. The molecule has 0 aromatic heterocycles. The number of carbonyl (C=O) groups is 1. The van der Waals surface area contributed by atoms with Gasteiger partial charge in [-0.05, 0) is 49.4 Å². The van der Waals surface area contributed by atoms with Crippen LogP contribution in [-0.4, -0.2) is 19.1 Å². The predicted octanol–water partition coefficient (Wildman–Crippen LogP) is 3.76. The largest absolute Gasteiger partial charge is 0.435 e. The maximum Gasteiger partial charge on any atom is 0.387 e. The lowest BCUT2D eigenvalue weighted by Crippen LogP contribution is -2.39. The van der Waals surface area contributed by atoms with Gasteiger partial charge in [-0.15, -0.1) is 0 Å². The van der Waals surface area contributed by atoms with Gasteiger partial charge < -0.3 is 15.8 Å². The lowest BCUT2D eigenvalue weighted by molar-refractivity contribution is -0.124. The van der Waals surface area contributed by atoms with Crippen molar-refractivity contribution in [1.29, 1.82) is 0 Å². The van der Waals surface area contributed by atoms with Crippen molar-refractivity contribution in [2.75, 3.05) is 6.54 Å². The second kappa shape index (κ2) is 8.42. The van der Waals surface area contributed by atoms with Gasteiger partial charge in [-0.2, -0.15) is 8.78 Å². The van der Waals surface area contributed by atoms with Crippen LogP contribution in [0.5, 0.6) is 5.75 Å². The summed E-state index contributed by atoms with van der Waals surface area (Å²) in [5.74, 6) is 0.0966. The minimum absolute atomic E-state index is 0.0113. The molecule has 6 heteroatoms. The van der Waals surface area contributed by atoms with Gasteiger partial charge >= 0.3 is 6.61 Å². The molecule has 0 radical (unpaired) electrons. The number of alkyl halides is 2. The van der Waals surface area contributed by atoms with Gasteiger partial charge in [0, 0.05) is 6.42 Å². The quantitative estimate of drug-likeness (QED) is 0.794. The van der Waals surface area contributed by atoms with E-state index in [4.69, 9.17) is 5.73 Å². The Morgan fingerprint density at radius 3 is 2.42 bits per heavy atom. The van der Waals surface area contributed by atoms with Gasteiger partial charge in [0.25, 0.3) is 0 Å². The summed E-state index contributed by atoms with van der Waals surface area (Å²) in [6, 6.07) is 6.13. The Balaban J connectivity index is 1.90. The van der Waals surface area contributed by atoms with E-state index in [0.29, 0.717) is 13.0 Å². The zero-order valence-electron chi connectivity index (χ0n) is 14.1. The van der Waals surface area contributed by atoms with Crippen LogP contribution < -0.4 is 15.8 Å². The van der Waals surface area contributed by atoms with Gasteiger partial charge in [0.2, 0.25) is 5.91 Å². The fourth-order valence-electron chi connectivity index (χ4n) is 3.41. The first-order chi connectivity index (χ1) is 11.4. The number of nitrogens with one attached hydrogen (secondary N) is 1. The third-order valence-corrected chi connectivity index (χ3v) is 4.87. The van der Waals surface area contributed by atoms with Crippen LogP contribution in [0.1, 0.15) is 57.1 Å². The van der Waals surface area contributed by atoms with E-state index >= 15 is 0 Å². The number of carbonyl (C=O) groups excluding carboxylic acids is 1. The van der Waals surface area contributed by atoms with E-state index in [0.717, 1.165) is 31.2 Å². The van der Waals surface area contributed by atoms with Crippen molar-refractivity contribution >= 4 is 5.91 Å². The molecule has 1 fully saturated rings. The molecule has 1 aromatic carbocycles. The Hall–Kier alpha value is -1.69. The Labute approximate surface area is 141 Å². The molecule has 0 saturated heterocycles. The summed E-state index contributed by atoms with van der Waals surface area (Å²) in [5, 5.41) is 2.98. The van der Waals surface area contributed by atoms with Gasteiger partial charge in [-0.3, -0.25) is 4.79 Å². The van der Waals surface area contributed by atoms with E-state index in [1.54, 1.807) is 12.1 Å². The molecule has 3 N–H and O–H groups in total. The van der Waals surface area contributed by atoms with Crippen molar-refractivity contribution in [3.8, 4) is 5.75 Å². The summed E-state index contributed by atoms with van der Waals surface area (Å²) in [4.78, 5) is 12.4. The lowest BCUT2D eigenvalue weighted by Gasteiger charge is -2.36. The Morgan fingerprint density at radius 1 is 1.25 bits per heavy atom. The standard InChI is InChI=1S/C18H26F2N2O2/c1-13(14-5-7-15(8-6-14)24-17(19)20)22-16(23)11-18(12-21)9-3-2-4-10-18/h5-8,13,17H,2-4,9-12,21H2,1H3,(H,22,23). The molecule has 1 aliphatic rings. The summed E-state index contributed by atoms with van der Waals surface area (Å²) in [6.07, 6.45) is 5.93. The topological polar surface area (TPSA) is 64.4 Å². The highest BCUT2D eigenvalue weighted by molar-refractivity contribution is 5.77. The van der Waals surface area contributed by atoms with Crippen LogP contribution in [0, 0.1) is 5.41 Å². The Kier molecular flexibility index (Phi) is 6.54. The van der Waals surface area contributed by atoms with Crippen LogP contribution in [0.3, 0.4) is 0 Å². The third kappa shape index (κ3) is 5.16. The zero-order valence-corrected chi connectivity index (χ0v) is 14.1. The first-order valence-electron chi connectivity index (χ1n) is 8.48. The molecule has 0 bridgehead atoms. The number of rotatable bonds is 7. The van der Waals surface area contributed by atoms with Crippen molar-refractivity contribution < 1.29 is 18.3 Å². The molecule has 2 rings (SSSR count). The van der Waals surface area contributed by atoms with Crippen LogP contribution in [0.4, 0.5) is 8.78 Å². The van der Waals surface area contributed by atoms with Crippen molar-refractivity contribution in [2.24, 2.45) is 11.1 Å². The van der Waals surface area contributed by atoms with E-state index < -0.39 is 6.61 Å². The van der Waals surface area contributed by atoms with Crippen molar-refractivity contribution in [2.45, 2.75) is 58.1 Å².